The highest BCUT2D eigenvalue weighted by Crippen LogP contribution is 2.22. The third-order valence-corrected chi connectivity index (χ3v) is 3.18. The van der Waals surface area contributed by atoms with Crippen molar-refractivity contribution in [2.45, 2.75) is 39.4 Å². The predicted molar refractivity (Wildman–Crippen MR) is 72.2 cm³/mol. The lowest BCUT2D eigenvalue weighted by atomic mass is 10.3. The Labute approximate surface area is 102 Å². The number of nitrogens with zero attached hydrogens (tertiary/aromatic N) is 2. The largest absolute Gasteiger partial charge is 0.353 e. The Kier molecular flexibility index (Phi) is 4.59. The molecule has 0 radical (unpaired) electrons. The molecule has 3 nitrogen and oxygen atoms in total. The average molecular weight is 239 g/mol. The summed E-state index contributed by atoms with van der Waals surface area (Å²) in [5.74, 6) is 1.81. The smallest absolute Gasteiger partial charge is 0.223 e. The lowest BCUT2D eigenvalue weighted by molar-refractivity contribution is 0.802. The van der Waals surface area contributed by atoms with Crippen LogP contribution in [0.15, 0.2) is 6.07 Å². The average Bonchev–Trinajstić information content (AvgIpc) is 2.09. The van der Waals surface area contributed by atoms with Gasteiger partial charge >= 0.3 is 0 Å². The summed E-state index contributed by atoms with van der Waals surface area (Å²) in [6.07, 6.45) is 0. The van der Waals surface area contributed by atoms with Gasteiger partial charge in [-0.3, -0.25) is 0 Å². The van der Waals surface area contributed by atoms with Crippen LogP contribution in [-0.4, -0.2) is 27.0 Å². The van der Waals surface area contributed by atoms with E-state index in [1.165, 1.54) is 0 Å². The molecule has 0 aliphatic heterocycles. The fraction of sp³-hybridized carbons (Fsp3) is 0.667. The first-order chi connectivity index (χ1) is 7.37. The molecule has 0 amide bonds. The molecule has 0 atom stereocenters. The fourth-order valence-electron chi connectivity index (χ4n) is 1.33. The summed E-state index contributed by atoms with van der Waals surface area (Å²) in [7, 11) is 0. The van der Waals surface area contributed by atoms with E-state index in [2.05, 4.69) is 36.1 Å². The van der Waals surface area contributed by atoms with Gasteiger partial charge in [0.25, 0.3) is 0 Å². The van der Waals surface area contributed by atoms with E-state index in [1.54, 1.807) is 0 Å². The lowest BCUT2D eigenvalue weighted by Crippen LogP contribution is -2.14. The second-order valence-corrected chi connectivity index (χ2v) is 6.78. The highest BCUT2D eigenvalue weighted by Gasteiger charge is 2.09. The van der Waals surface area contributed by atoms with Gasteiger partial charge in [-0.25, -0.2) is 9.97 Å². The predicted octanol–water partition coefficient (Wildman–Crippen LogP) is 3.04. The minimum atomic E-state index is 0.324. The molecule has 1 aromatic heterocycles. The molecule has 4 heteroatoms. The molecule has 0 spiro atoms. The van der Waals surface area contributed by atoms with Crippen LogP contribution in [0.4, 0.5) is 5.95 Å². The van der Waals surface area contributed by atoms with Gasteiger partial charge in [0.2, 0.25) is 5.95 Å². The second-order valence-electron chi connectivity index (χ2n) is 4.86. The van der Waals surface area contributed by atoms with E-state index in [0.29, 0.717) is 4.75 Å². The number of rotatable bonds is 4. The van der Waals surface area contributed by atoms with Crippen LogP contribution in [0.3, 0.4) is 0 Å². The Morgan fingerprint density at radius 1 is 1.19 bits per heavy atom. The van der Waals surface area contributed by atoms with E-state index in [-0.39, 0.29) is 0 Å². The molecule has 1 aromatic rings. The van der Waals surface area contributed by atoms with Crippen LogP contribution >= 0.6 is 11.8 Å². The molecule has 0 saturated heterocycles. The number of anilines is 1. The number of aryl methyl sites for hydroxylation is 2. The summed E-state index contributed by atoms with van der Waals surface area (Å²) in [4.78, 5) is 8.67. The third kappa shape index (κ3) is 5.35. The van der Waals surface area contributed by atoms with Crippen LogP contribution in [-0.2, 0) is 0 Å². The SMILES string of the molecule is Cc1cc(C)nc(NCCSC(C)(C)C)n1. The molecule has 0 aliphatic carbocycles. The van der Waals surface area contributed by atoms with Gasteiger partial charge in [-0.2, -0.15) is 11.8 Å². The van der Waals surface area contributed by atoms with Crippen molar-refractivity contribution < 1.29 is 0 Å². The van der Waals surface area contributed by atoms with Crippen LogP contribution in [0.1, 0.15) is 32.2 Å². The maximum absolute atomic E-state index is 4.34. The Bertz CT molecular complexity index is 324. The molecule has 0 unspecified atom stereocenters. The van der Waals surface area contributed by atoms with Gasteiger partial charge in [-0.1, -0.05) is 20.8 Å². The van der Waals surface area contributed by atoms with Gasteiger partial charge in [-0.05, 0) is 19.9 Å². The zero-order chi connectivity index (χ0) is 12.2. The van der Waals surface area contributed by atoms with E-state index >= 15 is 0 Å². The number of hydrogen-bond acceptors (Lipinski definition) is 4. The maximum Gasteiger partial charge on any atom is 0.223 e. The molecule has 0 aromatic carbocycles. The van der Waals surface area contributed by atoms with Gasteiger partial charge in [0.1, 0.15) is 0 Å². The number of thioether (sulfide) groups is 1. The highest BCUT2D eigenvalue weighted by atomic mass is 32.2. The van der Waals surface area contributed by atoms with Crippen LogP contribution in [0.2, 0.25) is 0 Å². The topological polar surface area (TPSA) is 37.8 Å². The monoisotopic (exact) mass is 239 g/mol. The summed E-state index contributed by atoms with van der Waals surface area (Å²) >= 11 is 1.94. The van der Waals surface area contributed by atoms with E-state index in [4.69, 9.17) is 0 Å². The van der Waals surface area contributed by atoms with Gasteiger partial charge in [-0.15, -0.1) is 0 Å². The van der Waals surface area contributed by atoms with Crippen LogP contribution in [0, 0.1) is 13.8 Å². The Morgan fingerprint density at radius 2 is 1.75 bits per heavy atom. The number of aromatic nitrogens is 2. The minimum Gasteiger partial charge on any atom is -0.353 e. The third-order valence-electron chi connectivity index (χ3n) is 1.90. The molecule has 1 heterocycles. The van der Waals surface area contributed by atoms with Crippen molar-refractivity contribution in [3.63, 3.8) is 0 Å². The van der Waals surface area contributed by atoms with E-state index in [9.17, 15) is 0 Å². The highest BCUT2D eigenvalue weighted by molar-refractivity contribution is 8.00. The first-order valence-electron chi connectivity index (χ1n) is 5.57. The van der Waals surface area contributed by atoms with Crippen LogP contribution < -0.4 is 5.32 Å². The van der Waals surface area contributed by atoms with Crippen molar-refractivity contribution in [1.29, 1.82) is 0 Å². The van der Waals surface area contributed by atoms with Crippen LogP contribution in [0.5, 0.6) is 0 Å². The summed E-state index contributed by atoms with van der Waals surface area (Å²) < 4.78 is 0.324. The summed E-state index contributed by atoms with van der Waals surface area (Å²) in [6, 6.07) is 1.98. The van der Waals surface area contributed by atoms with Crippen molar-refractivity contribution in [1.82, 2.24) is 9.97 Å². The Balaban J connectivity index is 2.37. The standard InChI is InChI=1S/C12H21N3S/c1-9-8-10(2)15-11(14-9)13-6-7-16-12(3,4)5/h8H,6-7H2,1-5H3,(H,13,14,15). The zero-order valence-corrected chi connectivity index (χ0v) is 11.6. The van der Waals surface area contributed by atoms with Crippen molar-refractivity contribution in [2.75, 3.05) is 17.6 Å². The summed E-state index contributed by atoms with van der Waals surface area (Å²) in [5, 5.41) is 3.26. The van der Waals surface area contributed by atoms with Crippen molar-refractivity contribution >= 4 is 17.7 Å². The van der Waals surface area contributed by atoms with E-state index in [1.807, 2.05) is 31.7 Å². The van der Waals surface area contributed by atoms with Crippen molar-refractivity contribution in [3.8, 4) is 0 Å². The van der Waals surface area contributed by atoms with Gasteiger partial charge in [0.15, 0.2) is 0 Å². The fourth-order valence-corrected chi connectivity index (χ4v) is 2.14. The summed E-state index contributed by atoms with van der Waals surface area (Å²) in [5.41, 5.74) is 2.02. The quantitative estimate of drug-likeness (QED) is 0.820. The van der Waals surface area contributed by atoms with E-state index in [0.717, 1.165) is 29.6 Å². The molecule has 1 rings (SSSR count). The first-order valence-corrected chi connectivity index (χ1v) is 6.55. The van der Waals surface area contributed by atoms with Gasteiger partial charge in [0.05, 0.1) is 0 Å². The van der Waals surface area contributed by atoms with Crippen molar-refractivity contribution in [2.24, 2.45) is 0 Å². The van der Waals surface area contributed by atoms with Crippen molar-refractivity contribution in [3.05, 3.63) is 17.5 Å². The summed E-state index contributed by atoms with van der Waals surface area (Å²) in [6.45, 7) is 11.6. The molecule has 0 saturated carbocycles. The second kappa shape index (κ2) is 5.53. The molecule has 1 N–H and O–H groups in total. The van der Waals surface area contributed by atoms with Gasteiger partial charge < -0.3 is 5.32 Å². The maximum atomic E-state index is 4.34. The molecular weight excluding hydrogens is 218 g/mol. The number of nitrogens with one attached hydrogen (secondary N) is 1. The van der Waals surface area contributed by atoms with E-state index < -0.39 is 0 Å². The Hall–Kier alpha value is -0.770. The van der Waals surface area contributed by atoms with Crippen LogP contribution in [0.25, 0.3) is 0 Å². The lowest BCUT2D eigenvalue weighted by Gasteiger charge is -2.17. The van der Waals surface area contributed by atoms with Gasteiger partial charge in [0, 0.05) is 28.4 Å². The zero-order valence-electron chi connectivity index (χ0n) is 10.8. The molecule has 0 fully saturated rings. The molecular formula is C12H21N3S. The first kappa shape index (κ1) is 13.3. The molecule has 0 aliphatic rings. The molecule has 90 valence electrons. The molecule has 16 heavy (non-hydrogen) atoms. The number of hydrogen-bond donors (Lipinski definition) is 1. The molecule has 0 bridgehead atoms. The normalized spacial score (nSPS) is 11.6. The minimum absolute atomic E-state index is 0.324. The Morgan fingerprint density at radius 3 is 2.25 bits per heavy atom.